The van der Waals surface area contributed by atoms with Crippen molar-refractivity contribution in [2.24, 2.45) is 0 Å². The van der Waals surface area contributed by atoms with Crippen LogP contribution in [0.4, 0.5) is 0 Å². The minimum Gasteiger partial charge on any atom is -0.394 e. The minimum absolute atomic E-state index is 0.231. The Morgan fingerprint density at radius 3 is 1.38 bits per heavy atom. The predicted octanol–water partition coefficient (Wildman–Crippen LogP) is 11.9. The zero-order chi connectivity index (χ0) is 47.6. The van der Waals surface area contributed by atoms with Gasteiger partial charge in [-0.2, -0.15) is 8.42 Å². The monoisotopic (exact) mass is 948 g/mol. The van der Waals surface area contributed by atoms with Crippen LogP contribution in [-0.2, 0) is 28.9 Å². The van der Waals surface area contributed by atoms with Crippen LogP contribution >= 0.6 is 0 Å². The van der Waals surface area contributed by atoms with E-state index in [1.807, 2.05) is 0 Å². The van der Waals surface area contributed by atoms with Crippen molar-refractivity contribution in [2.75, 3.05) is 13.2 Å². The molecule has 1 heterocycles. The van der Waals surface area contributed by atoms with Gasteiger partial charge in [-0.15, -0.1) is 0 Å². The molecule has 0 radical (unpaired) electrons. The molecule has 13 heteroatoms. The summed E-state index contributed by atoms with van der Waals surface area (Å²) in [4.78, 5) is 13.1. The van der Waals surface area contributed by atoms with Crippen molar-refractivity contribution < 1.29 is 51.8 Å². The van der Waals surface area contributed by atoms with E-state index >= 15 is 0 Å². The van der Waals surface area contributed by atoms with E-state index in [1.54, 1.807) is 0 Å². The van der Waals surface area contributed by atoms with Crippen LogP contribution in [0.5, 0.6) is 0 Å². The number of nitrogens with one attached hydrogen (secondary N) is 1. The first-order valence-corrected chi connectivity index (χ1v) is 28.4. The maximum atomic E-state index is 13.1. The fraction of sp³-hybridized carbons (Fsp3) is 0.942. The van der Waals surface area contributed by atoms with E-state index in [1.165, 1.54) is 173 Å². The normalized spacial score (nSPS) is 20.1. The molecule has 0 spiro atoms. The van der Waals surface area contributed by atoms with Gasteiger partial charge >= 0.3 is 10.4 Å². The van der Waals surface area contributed by atoms with Crippen LogP contribution in [0.1, 0.15) is 258 Å². The zero-order valence-corrected chi connectivity index (χ0v) is 42.4. The van der Waals surface area contributed by atoms with E-state index in [0.29, 0.717) is 12.8 Å². The molecule has 7 unspecified atom stereocenters. The number of ether oxygens (including phenoxy) is 2. The Morgan fingerprint density at radius 1 is 0.600 bits per heavy atom. The topological polar surface area (TPSA) is 192 Å². The van der Waals surface area contributed by atoms with Gasteiger partial charge in [0.2, 0.25) is 5.91 Å². The standard InChI is InChI=1S/C52H101NO11S/c1-3-5-7-9-11-13-15-17-19-21-23-24-26-28-30-32-34-36-38-40-42-48(56)53-45(44-62-52-50(58)51(64-65(59,60)61)49(57)47(43-54)63-52)46(55)41-39-37-35-33-31-29-27-25-22-20-18-16-14-12-10-8-6-4-2/h23-24,45-47,49-52,54-55,57-58H,3-22,25-44H2,1-2H3,(H,53,56)(H,59,60,61)/b24-23-. The number of rotatable bonds is 47. The highest BCUT2D eigenvalue weighted by Gasteiger charge is 2.48. The largest absolute Gasteiger partial charge is 0.397 e. The lowest BCUT2D eigenvalue weighted by atomic mass is 9.99. The molecule has 7 atom stereocenters. The molecule has 12 nitrogen and oxygen atoms in total. The first-order chi connectivity index (χ1) is 31.5. The SMILES string of the molecule is CCCCCCCCCCC/C=C\CCCCCCCCCC(=O)NC(COC1OC(CO)C(O)C(OS(=O)(=O)O)C1O)C(O)CCCCCCCCCCCCCCCCCCCC. The average molecular weight is 948 g/mol. The Kier molecular flexibility index (Phi) is 40.8. The number of carbonyl (C=O) groups excluding carboxylic acids is 1. The number of aliphatic hydroxyl groups is 4. The van der Waals surface area contributed by atoms with Crippen molar-refractivity contribution in [3.05, 3.63) is 12.2 Å². The third-order valence-corrected chi connectivity index (χ3v) is 13.5. The fourth-order valence-electron chi connectivity index (χ4n) is 8.87. The highest BCUT2D eigenvalue weighted by molar-refractivity contribution is 7.80. The van der Waals surface area contributed by atoms with Gasteiger partial charge in [0.1, 0.15) is 24.4 Å². The van der Waals surface area contributed by atoms with E-state index in [2.05, 4.69) is 35.5 Å². The Balaban J connectivity index is 2.40. The van der Waals surface area contributed by atoms with E-state index in [4.69, 9.17) is 9.47 Å². The van der Waals surface area contributed by atoms with E-state index in [-0.39, 0.29) is 18.9 Å². The van der Waals surface area contributed by atoms with E-state index < -0.39 is 59.9 Å². The first-order valence-electron chi connectivity index (χ1n) is 27.1. The van der Waals surface area contributed by atoms with Crippen LogP contribution in [-0.4, -0.2) is 95.4 Å². The molecular formula is C52H101NO11S. The number of unbranched alkanes of at least 4 members (excludes halogenated alkanes) is 33. The van der Waals surface area contributed by atoms with E-state index in [0.717, 1.165) is 51.4 Å². The maximum absolute atomic E-state index is 13.1. The lowest BCUT2D eigenvalue weighted by Gasteiger charge is -2.41. The Hall–Kier alpha value is -1.16. The third kappa shape index (κ3) is 35.6. The van der Waals surface area contributed by atoms with Crippen molar-refractivity contribution in [3.8, 4) is 0 Å². The predicted molar refractivity (Wildman–Crippen MR) is 264 cm³/mol. The maximum Gasteiger partial charge on any atom is 0.397 e. The zero-order valence-electron chi connectivity index (χ0n) is 41.6. The lowest BCUT2D eigenvalue weighted by molar-refractivity contribution is -0.298. The van der Waals surface area contributed by atoms with Gasteiger partial charge in [-0.1, -0.05) is 225 Å². The number of hydrogen-bond acceptors (Lipinski definition) is 10. The molecule has 65 heavy (non-hydrogen) atoms. The molecule has 0 aromatic rings. The van der Waals surface area contributed by atoms with Crippen LogP contribution in [0.2, 0.25) is 0 Å². The fourth-order valence-corrected chi connectivity index (χ4v) is 9.38. The van der Waals surface area contributed by atoms with E-state index in [9.17, 15) is 38.2 Å². The number of hydrogen-bond donors (Lipinski definition) is 6. The van der Waals surface area contributed by atoms with Crippen molar-refractivity contribution in [3.63, 3.8) is 0 Å². The molecular weight excluding hydrogens is 847 g/mol. The summed E-state index contributed by atoms with van der Waals surface area (Å²) in [5.41, 5.74) is 0. The summed E-state index contributed by atoms with van der Waals surface area (Å²) < 4.78 is 47.8. The molecule has 386 valence electrons. The van der Waals surface area contributed by atoms with Gasteiger partial charge in [-0.05, 0) is 38.5 Å². The molecule has 0 aliphatic carbocycles. The molecule has 1 amide bonds. The number of carbonyl (C=O) groups is 1. The van der Waals surface area contributed by atoms with Gasteiger partial charge in [0.05, 0.1) is 25.4 Å². The van der Waals surface area contributed by atoms with Gasteiger partial charge in [0.15, 0.2) is 6.29 Å². The van der Waals surface area contributed by atoms with Crippen molar-refractivity contribution in [2.45, 2.75) is 301 Å². The molecule has 1 aliphatic rings. The Bertz CT molecular complexity index is 1210. The molecule has 0 aromatic carbocycles. The van der Waals surface area contributed by atoms with Gasteiger partial charge in [-0.25, -0.2) is 4.18 Å². The molecule has 1 rings (SSSR count). The van der Waals surface area contributed by atoms with Gasteiger partial charge in [0.25, 0.3) is 0 Å². The summed E-state index contributed by atoms with van der Waals surface area (Å²) in [6.07, 6.45) is 40.6. The molecule has 0 aromatic heterocycles. The quantitative estimate of drug-likeness (QED) is 0.0193. The molecule has 0 saturated carbocycles. The van der Waals surface area contributed by atoms with Gasteiger partial charge < -0.3 is 35.2 Å². The van der Waals surface area contributed by atoms with Crippen molar-refractivity contribution >= 4 is 16.3 Å². The van der Waals surface area contributed by atoms with Crippen LogP contribution in [0.3, 0.4) is 0 Å². The van der Waals surface area contributed by atoms with Crippen LogP contribution in [0.15, 0.2) is 12.2 Å². The summed E-state index contributed by atoms with van der Waals surface area (Å²) >= 11 is 0. The smallest absolute Gasteiger partial charge is 0.394 e. The molecule has 6 N–H and O–H groups in total. The van der Waals surface area contributed by atoms with Gasteiger partial charge in [-0.3, -0.25) is 9.35 Å². The Morgan fingerprint density at radius 2 is 0.985 bits per heavy atom. The second-order valence-electron chi connectivity index (χ2n) is 19.2. The highest BCUT2D eigenvalue weighted by Crippen LogP contribution is 2.26. The van der Waals surface area contributed by atoms with Crippen molar-refractivity contribution in [1.82, 2.24) is 5.32 Å². The number of allylic oxidation sites excluding steroid dienone is 2. The number of aliphatic hydroxyl groups excluding tert-OH is 4. The molecule has 1 fully saturated rings. The first kappa shape index (κ1) is 61.9. The Labute approximate surface area is 398 Å². The molecule has 1 aliphatic heterocycles. The number of amides is 1. The highest BCUT2D eigenvalue weighted by atomic mass is 32.3. The van der Waals surface area contributed by atoms with Crippen LogP contribution < -0.4 is 5.32 Å². The summed E-state index contributed by atoms with van der Waals surface area (Å²) in [6.45, 7) is 3.48. The van der Waals surface area contributed by atoms with Crippen LogP contribution in [0, 0.1) is 0 Å². The molecule has 0 bridgehead atoms. The average Bonchev–Trinajstić information content (AvgIpc) is 3.28. The summed E-state index contributed by atoms with van der Waals surface area (Å²) in [5, 5.41) is 45.0. The summed E-state index contributed by atoms with van der Waals surface area (Å²) in [7, 11) is -5.08. The van der Waals surface area contributed by atoms with Crippen LogP contribution in [0.25, 0.3) is 0 Å². The molecule has 1 saturated heterocycles. The summed E-state index contributed by atoms with van der Waals surface area (Å²) in [6, 6.07) is -0.858. The minimum atomic E-state index is -5.08. The lowest BCUT2D eigenvalue weighted by Crippen LogP contribution is -2.61. The third-order valence-electron chi connectivity index (χ3n) is 13.1. The summed E-state index contributed by atoms with van der Waals surface area (Å²) in [5.74, 6) is -0.231. The van der Waals surface area contributed by atoms with Crippen molar-refractivity contribution in [1.29, 1.82) is 0 Å². The second kappa shape index (κ2) is 42.9. The second-order valence-corrected chi connectivity index (χ2v) is 20.2. The van der Waals surface area contributed by atoms with Gasteiger partial charge in [0, 0.05) is 6.42 Å².